The van der Waals surface area contributed by atoms with Crippen LogP contribution in [0.5, 0.6) is 0 Å². The van der Waals surface area contributed by atoms with Crippen molar-refractivity contribution in [3.63, 3.8) is 0 Å². The van der Waals surface area contributed by atoms with E-state index in [2.05, 4.69) is 22.4 Å². The first kappa shape index (κ1) is 20.3. The van der Waals surface area contributed by atoms with Gasteiger partial charge < -0.3 is 15.6 Å². The van der Waals surface area contributed by atoms with Crippen molar-refractivity contribution in [2.75, 3.05) is 12.3 Å². The molecule has 2 atom stereocenters. The van der Waals surface area contributed by atoms with Gasteiger partial charge in [0.25, 0.3) is 0 Å². The molecule has 26 heavy (non-hydrogen) atoms. The third-order valence-corrected chi connectivity index (χ3v) is 5.87. The summed E-state index contributed by atoms with van der Waals surface area (Å²) in [4.78, 5) is 16.4. The Morgan fingerprint density at radius 1 is 1.31 bits per heavy atom. The lowest BCUT2D eigenvalue weighted by atomic mass is 10.1. The van der Waals surface area contributed by atoms with Crippen molar-refractivity contribution in [3.8, 4) is 0 Å². The molecule has 6 nitrogen and oxygen atoms in total. The predicted octanol–water partition coefficient (Wildman–Crippen LogP) is 1.46. The third-order valence-electron chi connectivity index (χ3n) is 3.93. The topological polar surface area (TPSA) is 90.0 Å². The summed E-state index contributed by atoms with van der Waals surface area (Å²) in [6.07, 6.45) is 4.03. The SMILES string of the molecule is CC(C)(C)S(=O)CCNC(=O)[C@@H](N)Cc1cn(Cc2ccccc2)cn1. The van der Waals surface area contributed by atoms with Crippen LogP contribution in [0.2, 0.25) is 0 Å². The second-order valence-electron chi connectivity index (χ2n) is 7.29. The second-order valence-corrected chi connectivity index (χ2v) is 9.61. The number of amides is 1. The molecule has 0 bridgehead atoms. The number of nitrogens with two attached hydrogens (primary N) is 1. The number of imidazole rings is 1. The number of carbonyl (C=O) groups is 1. The van der Waals surface area contributed by atoms with Crippen LogP contribution in [0.15, 0.2) is 42.9 Å². The zero-order chi connectivity index (χ0) is 19.2. The van der Waals surface area contributed by atoms with Crippen molar-refractivity contribution in [1.82, 2.24) is 14.9 Å². The fraction of sp³-hybridized carbons (Fsp3) is 0.474. The van der Waals surface area contributed by atoms with Gasteiger partial charge in [0.15, 0.2) is 0 Å². The molecule has 1 unspecified atom stereocenters. The fourth-order valence-corrected chi connectivity index (χ4v) is 3.31. The van der Waals surface area contributed by atoms with Gasteiger partial charge in [-0.05, 0) is 26.3 Å². The Bertz CT molecular complexity index is 737. The number of hydrogen-bond donors (Lipinski definition) is 2. The van der Waals surface area contributed by atoms with Crippen LogP contribution >= 0.6 is 0 Å². The van der Waals surface area contributed by atoms with Gasteiger partial charge >= 0.3 is 0 Å². The molecule has 1 aromatic carbocycles. The Morgan fingerprint density at radius 3 is 2.65 bits per heavy atom. The molecule has 0 saturated carbocycles. The highest BCUT2D eigenvalue weighted by Gasteiger charge is 2.20. The first-order valence-electron chi connectivity index (χ1n) is 8.72. The van der Waals surface area contributed by atoms with Crippen molar-refractivity contribution in [1.29, 1.82) is 0 Å². The molecule has 142 valence electrons. The average Bonchev–Trinajstić information content (AvgIpc) is 3.01. The second kappa shape index (κ2) is 9.09. The van der Waals surface area contributed by atoms with Crippen molar-refractivity contribution in [2.24, 2.45) is 5.73 Å². The highest BCUT2D eigenvalue weighted by molar-refractivity contribution is 7.86. The number of benzene rings is 1. The van der Waals surface area contributed by atoms with E-state index in [-0.39, 0.29) is 10.7 Å². The first-order valence-corrected chi connectivity index (χ1v) is 10.0. The maximum Gasteiger partial charge on any atom is 0.237 e. The van der Waals surface area contributed by atoms with Crippen LogP contribution in [-0.2, 0) is 28.6 Å². The normalized spacial score (nSPS) is 14.0. The molecule has 0 spiro atoms. The summed E-state index contributed by atoms with van der Waals surface area (Å²) in [5, 5.41) is 2.76. The summed E-state index contributed by atoms with van der Waals surface area (Å²) in [5.41, 5.74) is 7.94. The molecule has 1 heterocycles. The smallest absolute Gasteiger partial charge is 0.237 e. The average molecular weight is 377 g/mol. The third kappa shape index (κ3) is 6.38. The minimum absolute atomic E-state index is 0.242. The number of rotatable bonds is 8. The molecular weight excluding hydrogens is 348 g/mol. The lowest BCUT2D eigenvalue weighted by molar-refractivity contribution is -0.122. The van der Waals surface area contributed by atoms with Crippen molar-refractivity contribution < 1.29 is 9.00 Å². The lowest BCUT2D eigenvalue weighted by Gasteiger charge is -2.18. The van der Waals surface area contributed by atoms with E-state index in [1.54, 1.807) is 6.33 Å². The summed E-state index contributed by atoms with van der Waals surface area (Å²) in [6.45, 7) is 6.85. The summed E-state index contributed by atoms with van der Waals surface area (Å²) < 4.78 is 13.7. The summed E-state index contributed by atoms with van der Waals surface area (Å²) in [6, 6.07) is 9.43. The van der Waals surface area contributed by atoms with E-state index < -0.39 is 16.8 Å². The molecule has 2 aromatic rings. The molecule has 0 aliphatic rings. The number of nitrogens with one attached hydrogen (secondary N) is 1. The van der Waals surface area contributed by atoms with E-state index in [1.165, 1.54) is 5.56 Å². The van der Waals surface area contributed by atoms with Crippen molar-refractivity contribution in [2.45, 2.75) is 44.5 Å². The molecule has 0 fully saturated rings. The number of nitrogens with zero attached hydrogens (tertiary/aromatic N) is 2. The van der Waals surface area contributed by atoms with Crippen LogP contribution in [0.3, 0.4) is 0 Å². The minimum Gasteiger partial charge on any atom is -0.354 e. The van der Waals surface area contributed by atoms with Gasteiger partial charge in [0.1, 0.15) is 0 Å². The van der Waals surface area contributed by atoms with E-state index in [1.807, 2.05) is 49.7 Å². The minimum atomic E-state index is -0.992. The monoisotopic (exact) mass is 376 g/mol. The van der Waals surface area contributed by atoms with Crippen LogP contribution in [0.4, 0.5) is 0 Å². The Balaban J connectivity index is 1.79. The molecule has 0 saturated heterocycles. The predicted molar refractivity (Wildman–Crippen MR) is 105 cm³/mol. The number of hydrogen-bond acceptors (Lipinski definition) is 4. The van der Waals surface area contributed by atoms with Crippen LogP contribution in [0, 0.1) is 0 Å². The molecule has 1 aromatic heterocycles. The molecule has 1 amide bonds. The van der Waals surface area contributed by atoms with Gasteiger partial charge in [0, 0.05) is 47.0 Å². The molecule has 3 N–H and O–H groups in total. The van der Waals surface area contributed by atoms with Gasteiger partial charge in [-0.1, -0.05) is 30.3 Å². The highest BCUT2D eigenvalue weighted by atomic mass is 32.2. The molecule has 0 radical (unpaired) electrons. The van der Waals surface area contributed by atoms with Gasteiger partial charge in [-0.25, -0.2) is 4.98 Å². The summed E-state index contributed by atoms with van der Waals surface area (Å²) in [7, 11) is -0.992. The van der Waals surface area contributed by atoms with Crippen LogP contribution in [0.1, 0.15) is 32.0 Å². The molecule has 7 heteroatoms. The Kier molecular flexibility index (Phi) is 7.11. The Labute approximate surface area is 157 Å². The summed E-state index contributed by atoms with van der Waals surface area (Å²) in [5.74, 6) is 0.182. The van der Waals surface area contributed by atoms with Crippen LogP contribution in [0.25, 0.3) is 0 Å². The standard InChI is InChI=1S/C19H28N4O2S/c1-19(2,3)26(25)10-9-21-18(24)17(20)11-16-13-23(14-22-16)12-15-7-5-4-6-8-15/h4-8,13-14,17H,9-12,20H2,1-3H3,(H,21,24)/t17-,26?/m0/s1. The maximum absolute atomic E-state index is 12.1. The van der Waals surface area contributed by atoms with E-state index >= 15 is 0 Å². The van der Waals surface area contributed by atoms with E-state index in [4.69, 9.17) is 5.73 Å². The zero-order valence-corrected chi connectivity index (χ0v) is 16.5. The van der Waals surface area contributed by atoms with Crippen molar-refractivity contribution >= 4 is 16.7 Å². The molecule has 2 rings (SSSR count). The van der Waals surface area contributed by atoms with Gasteiger partial charge in [0.05, 0.1) is 18.1 Å². The fourth-order valence-electron chi connectivity index (χ4n) is 2.41. The van der Waals surface area contributed by atoms with Crippen LogP contribution in [-0.4, -0.2) is 42.8 Å². The number of aromatic nitrogens is 2. The maximum atomic E-state index is 12.1. The largest absolute Gasteiger partial charge is 0.354 e. The van der Waals surface area contributed by atoms with Crippen molar-refractivity contribution in [3.05, 3.63) is 54.1 Å². The van der Waals surface area contributed by atoms with Gasteiger partial charge in [0.2, 0.25) is 5.91 Å². The molecule has 0 aliphatic heterocycles. The first-order chi connectivity index (χ1) is 12.3. The zero-order valence-electron chi connectivity index (χ0n) is 15.6. The van der Waals surface area contributed by atoms with Gasteiger partial charge in [-0.3, -0.25) is 9.00 Å². The van der Waals surface area contributed by atoms with Gasteiger partial charge in [-0.2, -0.15) is 0 Å². The molecular formula is C19H28N4O2S. The lowest BCUT2D eigenvalue weighted by Crippen LogP contribution is -2.44. The molecule has 0 aliphatic carbocycles. The quantitative estimate of drug-likeness (QED) is 0.730. The summed E-state index contributed by atoms with van der Waals surface area (Å²) >= 11 is 0. The Hall–Kier alpha value is -1.99. The Morgan fingerprint density at radius 2 is 2.00 bits per heavy atom. The van der Waals surface area contributed by atoms with Gasteiger partial charge in [-0.15, -0.1) is 0 Å². The van der Waals surface area contributed by atoms with E-state index in [0.29, 0.717) is 18.7 Å². The van der Waals surface area contributed by atoms with E-state index in [9.17, 15) is 9.00 Å². The number of carbonyl (C=O) groups excluding carboxylic acids is 1. The highest BCUT2D eigenvalue weighted by Crippen LogP contribution is 2.10. The van der Waals surface area contributed by atoms with E-state index in [0.717, 1.165) is 12.2 Å². The van der Waals surface area contributed by atoms with Crippen LogP contribution < -0.4 is 11.1 Å².